The number of alkyl halides is 2. The van der Waals surface area contributed by atoms with Crippen LogP contribution in [0, 0.1) is 0 Å². The Kier molecular flexibility index (Phi) is 3.51. The van der Waals surface area contributed by atoms with Crippen molar-refractivity contribution in [3.63, 3.8) is 0 Å². The summed E-state index contributed by atoms with van der Waals surface area (Å²) in [6.45, 7) is 0. The van der Waals surface area contributed by atoms with Crippen LogP contribution in [0.15, 0.2) is 0 Å². The fourth-order valence-corrected chi connectivity index (χ4v) is 1.75. The van der Waals surface area contributed by atoms with Crippen LogP contribution in [-0.2, 0) is 9.53 Å². The van der Waals surface area contributed by atoms with E-state index >= 15 is 0 Å². The number of esters is 1. The average molecular weight is 304 g/mol. The van der Waals surface area contributed by atoms with Crippen LogP contribution in [0.2, 0.25) is 0 Å². The van der Waals surface area contributed by atoms with Gasteiger partial charge in [0.15, 0.2) is 6.10 Å². The lowest BCUT2D eigenvalue weighted by Gasteiger charge is -2.17. The van der Waals surface area contributed by atoms with E-state index in [9.17, 15) is 15.0 Å². The van der Waals surface area contributed by atoms with Gasteiger partial charge >= 0.3 is 5.97 Å². The van der Waals surface area contributed by atoms with Gasteiger partial charge in [0.25, 0.3) is 0 Å². The molecule has 0 aliphatic carbocycles. The SMILES string of the molecule is O=C1O[C@H](C(O)CBr)[C@@H](O)C1Br. The van der Waals surface area contributed by atoms with Gasteiger partial charge in [-0.1, -0.05) is 31.9 Å². The van der Waals surface area contributed by atoms with Gasteiger partial charge in [0.05, 0.1) is 0 Å². The van der Waals surface area contributed by atoms with Crippen molar-refractivity contribution in [2.45, 2.75) is 23.1 Å². The van der Waals surface area contributed by atoms with Crippen LogP contribution in [0.1, 0.15) is 0 Å². The summed E-state index contributed by atoms with van der Waals surface area (Å²) in [5.74, 6) is -0.535. The molecular formula is C6H8Br2O4. The van der Waals surface area contributed by atoms with Crippen molar-refractivity contribution in [3.8, 4) is 0 Å². The van der Waals surface area contributed by atoms with Gasteiger partial charge in [-0.05, 0) is 0 Å². The maximum Gasteiger partial charge on any atom is 0.323 e. The van der Waals surface area contributed by atoms with E-state index in [0.717, 1.165) is 0 Å². The minimum atomic E-state index is -0.981. The molecule has 0 saturated carbocycles. The first-order valence-corrected chi connectivity index (χ1v) is 5.38. The molecule has 70 valence electrons. The number of cyclic esters (lactones) is 1. The smallest absolute Gasteiger partial charge is 0.323 e. The first-order chi connectivity index (χ1) is 5.57. The summed E-state index contributed by atoms with van der Waals surface area (Å²) in [5.41, 5.74) is 0. The Balaban J connectivity index is 2.64. The molecular weight excluding hydrogens is 296 g/mol. The molecule has 4 atom stereocenters. The summed E-state index contributed by atoms with van der Waals surface area (Å²) in [4.78, 5) is 10.1. The summed E-state index contributed by atoms with van der Waals surface area (Å²) in [7, 11) is 0. The number of rotatable bonds is 2. The topological polar surface area (TPSA) is 66.8 Å². The van der Waals surface area contributed by atoms with Gasteiger partial charge in [0, 0.05) is 5.33 Å². The molecule has 1 fully saturated rings. The van der Waals surface area contributed by atoms with E-state index in [0.29, 0.717) is 0 Å². The third kappa shape index (κ3) is 1.81. The lowest BCUT2D eigenvalue weighted by atomic mass is 10.1. The van der Waals surface area contributed by atoms with Crippen molar-refractivity contribution in [2.75, 3.05) is 5.33 Å². The van der Waals surface area contributed by atoms with E-state index in [4.69, 9.17) is 4.74 Å². The highest BCUT2D eigenvalue weighted by molar-refractivity contribution is 9.10. The zero-order valence-electron chi connectivity index (χ0n) is 5.98. The van der Waals surface area contributed by atoms with Crippen molar-refractivity contribution >= 4 is 37.8 Å². The molecule has 0 amide bonds. The second-order valence-electron chi connectivity index (χ2n) is 2.52. The number of hydrogen-bond acceptors (Lipinski definition) is 4. The molecule has 1 aliphatic heterocycles. The Morgan fingerprint density at radius 3 is 2.58 bits per heavy atom. The summed E-state index contributed by atoms with van der Waals surface area (Å²) >= 11 is 5.98. The number of hydrogen-bond donors (Lipinski definition) is 2. The minimum Gasteiger partial charge on any atom is -0.456 e. The Hall–Kier alpha value is 0.350. The molecule has 4 nitrogen and oxygen atoms in total. The largest absolute Gasteiger partial charge is 0.456 e. The van der Waals surface area contributed by atoms with Crippen LogP contribution in [0.4, 0.5) is 0 Å². The zero-order chi connectivity index (χ0) is 9.30. The molecule has 1 saturated heterocycles. The van der Waals surface area contributed by atoms with E-state index < -0.39 is 29.1 Å². The number of carbonyl (C=O) groups excluding carboxylic acids is 1. The average Bonchev–Trinajstić information content (AvgIpc) is 2.32. The van der Waals surface area contributed by atoms with Crippen LogP contribution in [0.3, 0.4) is 0 Å². The Labute approximate surface area is 86.2 Å². The molecule has 1 heterocycles. The van der Waals surface area contributed by atoms with Crippen molar-refractivity contribution in [2.24, 2.45) is 0 Å². The number of carbonyl (C=O) groups is 1. The monoisotopic (exact) mass is 302 g/mol. The van der Waals surface area contributed by atoms with Crippen LogP contribution in [0.5, 0.6) is 0 Å². The number of ether oxygens (including phenoxy) is 1. The number of aliphatic hydroxyl groups excluding tert-OH is 2. The molecule has 6 heteroatoms. The molecule has 0 aromatic rings. The third-order valence-electron chi connectivity index (χ3n) is 1.65. The van der Waals surface area contributed by atoms with Gasteiger partial charge in [-0.3, -0.25) is 4.79 Å². The third-order valence-corrected chi connectivity index (χ3v) is 3.23. The molecule has 0 radical (unpaired) electrons. The van der Waals surface area contributed by atoms with Crippen LogP contribution in [-0.4, -0.2) is 44.7 Å². The molecule has 12 heavy (non-hydrogen) atoms. The van der Waals surface area contributed by atoms with E-state index in [2.05, 4.69) is 31.9 Å². The molecule has 1 aliphatic rings. The Bertz CT molecular complexity index is 186. The highest BCUT2D eigenvalue weighted by atomic mass is 79.9. The molecule has 0 spiro atoms. The number of aliphatic hydroxyl groups is 2. The van der Waals surface area contributed by atoms with Gasteiger partial charge in [-0.2, -0.15) is 0 Å². The summed E-state index contributed by atoms with van der Waals surface area (Å²) < 4.78 is 4.72. The summed E-state index contributed by atoms with van der Waals surface area (Å²) in [5, 5.41) is 18.9. The summed E-state index contributed by atoms with van der Waals surface area (Å²) in [6.07, 6.45) is -2.68. The Morgan fingerprint density at radius 2 is 2.25 bits per heavy atom. The van der Waals surface area contributed by atoms with Gasteiger partial charge in [0.1, 0.15) is 17.0 Å². The first kappa shape index (κ1) is 10.4. The Morgan fingerprint density at radius 1 is 1.67 bits per heavy atom. The number of halogens is 2. The zero-order valence-corrected chi connectivity index (χ0v) is 9.16. The van der Waals surface area contributed by atoms with E-state index in [1.807, 2.05) is 0 Å². The fraction of sp³-hybridized carbons (Fsp3) is 0.833. The molecule has 0 aromatic carbocycles. The molecule has 1 rings (SSSR count). The van der Waals surface area contributed by atoms with Gasteiger partial charge < -0.3 is 14.9 Å². The predicted molar refractivity (Wildman–Crippen MR) is 48.4 cm³/mol. The minimum absolute atomic E-state index is 0.266. The predicted octanol–water partition coefficient (Wildman–Crippen LogP) is -0.208. The van der Waals surface area contributed by atoms with Crippen molar-refractivity contribution in [3.05, 3.63) is 0 Å². The normalized spacial score (nSPS) is 38.0. The lowest BCUT2D eigenvalue weighted by Crippen LogP contribution is -2.37. The van der Waals surface area contributed by atoms with E-state index in [1.165, 1.54) is 0 Å². The molecule has 2 unspecified atom stereocenters. The van der Waals surface area contributed by atoms with Crippen molar-refractivity contribution in [1.82, 2.24) is 0 Å². The van der Waals surface area contributed by atoms with E-state index in [-0.39, 0.29) is 5.33 Å². The van der Waals surface area contributed by atoms with Crippen LogP contribution >= 0.6 is 31.9 Å². The van der Waals surface area contributed by atoms with Crippen molar-refractivity contribution < 1.29 is 19.7 Å². The van der Waals surface area contributed by atoms with Crippen LogP contribution in [0.25, 0.3) is 0 Å². The van der Waals surface area contributed by atoms with Crippen molar-refractivity contribution in [1.29, 1.82) is 0 Å². The van der Waals surface area contributed by atoms with Gasteiger partial charge in [-0.25, -0.2) is 0 Å². The second kappa shape index (κ2) is 4.04. The second-order valence-corrected chi connectivity index (χ2v) is 4.15. The van der Waals surface area contributed by atoms with Gasteiger partial charge in [-0.15, -0.1) is 0 Å². The lowest BCUT2D eigenvalue weighted by molar-refractivity contribution is -0.145. The summed E-state index contributed by atoms with van der Waals surface area (Å²) in [6, 6.07) is 0. The van der Waals surface area contributed by atoms with E-state index in [1.54, 1.807) is 0 Å². The maximum absolute atomic E-state index is 10.9. The highest BCUT2D eigenvalue weighted by Crippen LogP contribution is 2.24. The van der Waals surface area contributed by atoms with Gasteiger partial charge in [0.2, 0.25) is 0 Å². The maximum atomic E-state index is 10.9. The standard InChI is InChI=1S/C6H8Br2O4/c7-1-2(9)5-4(10)3(8)6(11)12-5/h2-5,9-10H,1H2/t2?,3?,4-,5+/m0/s1. The first-order valence-electron chi connectivity index (χ1n) is 3.34. The molecule has 0 aromatic heterocycles. The molecule has 0 bridgehead atoms. The van der Waals surface area contributed by atoms with Crippen LogP contribution < -0.4 is 0 Å². The molecule has 2 N–H and O–H groups in total. The fourth-order valence-electron chi connectivity index (χ4n) is 0.969. The quantitative estimate of drug-likeness (QED) is 0.547. The highest BCUT2D eigenvalue weighted by Gasteiger charge is 2.45.